The number of nitrogens with one attached hydrogen (secondary N) is 1. The van der Waals surface area contributed by atoms with E-state index < -0.39 is 0 Å². The van der Waals surface area contributed by atoms with Gasteiger partial charge >= 0.3 is 0 Å². The molecular weight excluding hydrogens is 388 g/mol. The SMILES string of the molecule is CC1(C)Cc2cccc(OCC(=O)NCC3(N4CCOCC4)CCSCC3)c2O1. The van der Waals surface area contributed by atoms with Gasteiger partial charge in [0, 0.05) is 37.2 Å². The quantitative estimate of drug-likeness (QED) is 0.763. The van der Waals surface area contributed by atoms with Crippen LogP contribution in [0, 0.1) is 0 Å². The second-order valence-corrected chi connectivity index (χ2v) is 10.0. The molecule has 2 saturated heterocycles. The number of ether oxygens (including phenoxy) is 3. The molecular formula is C22H32N2O4S. The van der Waals surface area contributed by atoms with Crippen molar-refractivity contribution >= 4 is 17.7 Å². The molecule has 1 aromatic rings. The molecule has 1 N–H and O–H groups in total. The van der Waals surface area contributed by atoms with E-state index >= 15 is 0 Å². The Kier molecular flexibility index (Phi) is 6.27. The van der Waals surface area contributed by atoms with Gasteiger partial charge in [-0.15, -0.1) is 0 Å². The number of fused-ring (bicyclic) bond motifs is 1. The maximum atomic E-state index is 12.6. The summed E-state index contributed by atoms with van der Waals surface area (Å²) in [5.74, 6) is 3.64. The number of rotatable bonds is 6. The van der Waals surface area contributed by atoms with Crippen LogP contribution in [0.25, 0.3) is 0 Å². The topological polar surface area (TPSA) is 60.0 Å². The van der Waals surface area contributed by atoms with Gasteiger partial charge in [0.15, 0.2) is 18.1 Å². The third kappa shape index (κ3) is 4.84. The van der Waals surface area contributed by atoms with Gasteiger partial charge in [-0.25, -0.2) is 0 Å². The maximum Gasteiger partial charge on any atom is 0.258 e. The number of hydrogen-bond acceptors (Lipinski definition) is 6. The van der Waals surface area contributed by atoms with Crippen molar-refractivity contribution in [2.75, 3.05) is 51.0 Å². The van der Waals surface area contributed by atoms with Gasteiger partial charge in [-0.3, -0.25) is 9.69 Å². The summed E-state index contributed by atoms with van der Waals surface area (Å²) in [7, 11) is 0. The standard InChI is InChI=1S/C22H32N2O4S/c1-21(2)14-17-4-3-5-18(20(17)28-21)27-15-19(25)23-16-22(6-12-29-13-7-22)24-8-10-26-11-9-24/h3-5H,6-16H2,1-2H3,(H,23,25). The molecule has 0 aliphatic carbocycles. The van der Waals surface area contributed by atoms with E-state index in [1.807, 2.05) is 23.9 Å². The van der Waals surface area contributed by atoms with E-state index in [1.54, 1.807) is 0 Å². The average Bonchev–Trinajstić information content (AvgIpc) is 3.06. The van der Waals surface area contributed by atoms with Crippen LogP contribution in [-0.2, 0) is 16.0 Å². The first-order chi connectivity index (χ1) is 14.0. The second kappa shape index (κ2) is 8.74. The molecule has 4 rings (SSSR count). The molecule has 3 aliphatic rings. The van der Waals surface area contributed by atoms with Gasteiger partial charge in [-0.2, -0.15) is 11.8 Å². The van der Waals surface area contributed by atoms with Gasteiger partial charge < -0.3 is 19.5 Å². The summed E-state index contributed by atoms with van der Waals surface area (Å²) >= 11 is 2.00. The highest BCUT2D eigenvalue weighted by atomic mass is 32.2. The monoisotopic (exact) mass is 420 g/mol. The number of amides is 1. The Morgan fingerprint density at radius 2 is 2.00 bits per heavy atom. The van der Waals surface area contributed by atoms with E-state index in [2.05, 4.69) is 30.1 Å². The molecule has 0 radical (unpaired) electrons. The lowest BCUT2D eigenvalue weighted by atomic mass is 9.89. The summed E-state index contributed by atoms with van der Waals surface area (Å²) in [4.78, 5) is 15.1. The molecule has 6 nitrogen and oxygen atoms in total. The maximum absolute atomic E-state index is 12.6. The van der Waals surface area contributed by atoms with Crippen LogP contribution < -0.4 is 14.8 Å². The zero-order chi connectivity index (χ0) is 20.3. The molecule has 160 valence electrons. The van der Waals surface area contributed by atoms with E-state index in [9.17, 15) is 4.79 Å². The van der Waals surface area contributed by atoms with E-state index in [0.717, 1.165) is 68.4 Å². The molecule has 0 saturated carbocycles. The molecule has 29 heavy (non-hydrogen) atoms. The molecule has 0 spiro atoms. The van der Waals surface area contributed by atoms with Gasteiger partial charge in [-0.1, -0.05) is 12.1 Å². The summed E-state index contributed by atoms with van der Waals surface area (Å²) in [6.07, 6.45) is 3.06. The molecule has 7 heteroatoms. The molecule has 0 unspecified atom stereocenters. The molecule has 1 amide bonds. The summed E-state index contributed by atoms with van der Waals surface area (Å²) in [6, 6.07) is 5.90. The fraction of sp³-hybridized carbons (Fsp3) is 0.682. The number of carbonyl (C=O) groups is 1. The van der Waals surface area contributed by atoms with Crippen LogP contribution in [0.5, 0.6) is 11.5 Å². The Labute approximate surface area is 177 Å². The van der Waals surface area contributed by atoms with Gasteiger partial charge in [0.1, 0.15) is 5.60 Å². The van der Waals surface area contributed by atoms with Crippen LogP contribution >= 0.6 is 11.8 Å². The summed E-state index contributed by atoms with van der Waals surface area (Å²) < 4.78 is 17.4. The minimum atomic E-state index is -0.229. The van der Waals surface area contributed by atoms with E-state index in [4.69, 9.17) is 14.2 Å². The first-order valence-electron chi connectivity index (χ1n) is 10.6. The minimum Gasteiger partial charge on any atom is -0.483 e. The predicted octanol–water partition coefficient (Wildman–Crippen LogP) is 2.49. The predicted molar refractivity (Wildman–Crippen MR) is 115 cm³/mol. The van der Waals surface area contributed by atoms with E-state index in [0.29, 0.717) is 12.3 Å². The lowest BCUT2D eigenvalue weighted by Crippen LogP contribution is -2.60. The van der Waals surface area contributed by atoms with Crippen molar-refractivity contribution in [3.8, 4) is 11.5 Å². The average molecular weight is 421 g/mol. The van der Waals surface area contributed by atoms with Crippen molar-refractivity contribution < 1.29 is 19.0 Å². The van der Waals surface area contributed by atoms with E-state index in [-0.39, 0.29) is 23.7 Å². The largest absolute Gasteiger partial charge is 0.483 e. The molecule has 0 bridgehead atoms. The van der Waals surface area contributed by atoms with Crippen LogP contribution in [0.4, 0.5) is 0 Å². The van der Waals surface area contributed by atoms with Crippen LogP contribution in [0.1, 0.15) is 32.3 Å². The lowest BCUT2D eigenvalue weighted by Gasteiger charge is -2.48. The Bertz CT molecular complexity index is 728. The molecule has 0 aromatic heterocycles. The van der Waals surface area contributed by atoms with Crippen molar-refractivity contribution in [3.63, 3.8) is 0 Å². The van der Waals surface area contributed by atoms with Crippen LogP contribution in [-0.4, -0.2) is 72.9 Å². The highest BCUT2D eigenvalue weighted by Crippen LogP contribution is 2.41. The number of morpholine rings is 1. The van der Waals surface area contributed by atoms with Gasteiger partial charge in [0.05, 0.1) is 13.2 Å². The number of carbonyl (C=O) groups excluding carboxylic acids is 1. The number of nitrogens with zero attached hydrogens (tertiary/aromatic N) is 1. The number of benzene rings is 1. The van der Waals surface area contributed by atoms with Gasteiger partial charge in [0.2, 0.25) is 0 Å². The van der Waals surface area contributed by atoms with Crippen molar-refractivity contribution in [1.29, 1.82) is 0 Å². The Hall–Kier alpha value is -1.44. The third-order valence-electron chi connectivity index (χ3n) is 6.13. The fourth-order valence-corrected chi connectivity index (χ4v) is 5.81. The molecule has 3 aliphatic heterocycles. The minimum absolute atomic E-state index is 0.00812. The smallest absolute Gasteiger partial charge is 0.258 e. The number of hydrogen-bond donors (Lipinski definition) is 1. The zero-order valence-electron chi connectivity index (χ0n) is 17.5. The normalized spacial score (nSPS) is 23.1. The first-order valence-corrected chi connectivity index (χ1v) is 11.7. The van der Waals surface area contributed by atoms with Crippen molar-refractivity contribution in [2.24, 2.45) is 0 Å². The molecule has 0 atom stereocenters. The Balaban J connectivity index is 1.33. The van der Waals surface area contributed by atoms with Crippen molar-refractivity contribution in [1.82, 2.24) is 10.2 Å². The van der Waals surface area contributed by atoms with Gasteiger partial charge in [-0.05, 0) is 44.3 Å². The highest BCUT2D eigenvalue weighted by molar-refractivity contribution is 7.99. The van der Waals surface area contributed by atoms with Crippen LogP contribution in [0.2, 0.25) is 0 Å². The van der Waals surface area contributed by atoms with Gasteiger partial charge in [0.25, 0.3) is 5.91 Å². The third-order valence-corrected chi connectivity index (χ3v) is 7.12. The Morgan fingerprint density at radius 3 is 2.76 bits per heavy atom. The zero-order valence-corrected chi connectivity index (χ0v) is 18.3. The number of para-hydroxylation sites is 1. The van der Waals surface area contributed by atoms with Crippen LogP contribution in [0.15, 0.2) is 18.2 Å². The first kappa shape index (κ1) is 20.8. The van der Waals surface area contributed by atoms with Crippen molar-refractivity contribution in [3.05, 3.63) is 23.8 Å². The molecule has 2 fully saturated rings. The summed E-state index contributed by atoms with van der Waals surface area (Å²) in [5, 5.41) is 3.15. The molecule has 1 aromatic carbocycles. The van der Waals surface area contributed by atoms with Crippen molar-refractivity contribution in [2.45, 2.75) is 44.2 Å². The lowest BCUT2D eigenvalue weighted by molar-refractivity contribution is -0.124. The van der Waals surface area contributed by atoms with E-state index in [1.165, 1.54) is 0 Å². The number of thioether (sulfide) groups is 1. The van der Waals surface area contributed by atoms with Crippen LogP contribution in [0.3, 0.4) is 0 Å². The fourth-order valence-electron chi connectivity index (χ4n) is 4.55. The Morgan fingerprint density at radius 1 is 1.24 bits per heavy atom. The molecule has 3 heterocycles. The highest BCUT2D eigenvalue weighted by Gasteiger charge is 2.39. The second-order valence-electron chi connectivity index (χ2n) is 8.78. The summed E-state index contributed by atoms with van der Waals surface area (Å²) in [5.41, 5.74) is 0.957. The summed E-state index contributed by atoms with van der Waals surface area (Å²) in [6.45, 7) is 8.26.